The molecule has 0 spiro atoms. The SMILES string of the molecule is C[C@H](Sc1nnc(-c2ccccc2)c2ccccc12)C(=O)Nc1ccc(N2CCOCC2)cc1. The van der Waals surface area contributed by atoms with Crippen LogP contribution in [0.3, 0.4) is 0 Å². The molecular weight excluding hydrogens is 444 g/mol. The third-order valence-corrected chi connectivity index (χ3v) is 6.96. The molecule has 1 atom stereocenters. The number of carbonyl (C=O) groups is 1. The summed E-state index contributed by atoms with van der Waals surface area (Å²) in [4.78, 5) is 15.2. The summed E-state index contributed by atoms with van der Waals surface area (Å²) in [6.07, 6.45) is 0. The molecule has 6 nitrogen and oxygen atoms in total. The zero-order valence-electron chi connectivity index (χ0n) is 19.0. The van der Waals surface area contributed by atoms with Gasteiger partial charge in [-0.25, -0.2) is 0 Å². The number of anilines is 2. The highest BCUT2D eigenvalue weighted by Gasteiger charge is 2.19. The van der Waals surface area contributed by atoms with Crippen molar-refractivity contribution in [3.63, 3.8) is 0 Å². The van der Waals surface area contributed by atoms with Gasteiger partial charge in [0.2, 0.25) is 5.91 Å². The molecule has 7 heteroatoms. The third kappa shape index (κ3) is 4.90. The summed E-state index contributed by atoms with van der Waals surface area (Å²) in [5.41, 5.74) is 3.79. The fraction of sp³-hybridized carbons (Fsp3) is 0.222. The number of carbonyl (C=O) groups excluding carboxylic acids is 1. The van der Waals surface area contributed by atoms with Gasteiger partial charge < -0.3 is 15.0 Å². The standard InChI is InChI=1S/C27H26N4O2S/c1-19(26(32)28-21-11-13-22(14-12-21)31-15-17-33-18-16-31)34-27-24-10-6-5-9-23(24)25(29-30-27)20-7-3-2-4-8-20/h2-14,19H,15-18H2,1H3,(H,28,32)/t19-/m0/s1. The van der Waals surface area contributed by atoms with Crippen LogP contribution < -0.4 is 10.2 Å². The Morgan fingerprint density at radius 1 is 0.912 bits per heavy atom. The topological polar surface area (TPSA) is 67.4 Å². The van der Waals surface area contributed by atoms with Crippen molar-refractivity contribution in [2.24, 2.45) is 0 Å². The lowest BCUT2D eigenvalue weighted by Crippen LogP contribution is -2.36. The molecule has 0 unspecified atom stereocenters. The van der Waals surface area contributed by atoms with Gasteiger partial charge in [0.15, 0.2) is 0 Å². The summed E-state index contributed by atoms with van der Waals surface area (Å²) in [6.45, 7) is 5.16. The molecule has 0 saturated carbocycles. The van der Waals surface area contributed by atoms with Gasteiger partial charge in [-0.1, -0.05) is 66.4 Å². The lowest BCUT2D eigenvalue weighted by molar-refractivity contribution is -0.115. The van der Waals surface area contributed by atoms with E-state index < -0.39 is 0 Å². The minimum Gasteiger partial charge on any atom is -0.378 e. The summed E-state index contributed by atoms with van der Waals surface area (Å²) < 4.78 is 5.42. The monoisotopic (exact) mass is 470 g/mol. The van der Waals surface area contributed by atoms with Crippen molar-refractivity contribution in [2.45, 2.75) is 17.2 Å². The smallest absolute Gasteiger partial charge is 0.237 e. The average molecular weight is 471 g/mol. The van der Waals surface area contributed by atoms with Gasteiger partial charge in [0.25, 0.3) is 0 Å². The molecule has 172 valence electrons. The van der Waals surface area contributed by atoms with Crippen molar-refractivity contribution < 1.29 is 9.53 Å². The van der Waals surface area contributed by atoms with Gasteiger partial charge in [-0.2, -0.15) is 0 Å². The van der Waals surface area contributed by atoms with Crippen LogP contribution in [0.25, 0.3) is 22.0 Å². The molecule has 4 aromatic rings. The lowest BCUT2D eigenvalue weighted by Gasteiger charge is -2.28. The summed E-state index contributed by atoms with van der Waals surface area (Å²) in [6, 6.07) is 26.1. The number of aromatic nitrogens is 2. The van der Waals surface area contributed by atoms with Crippen LogP contribution >= 0.6 is 11.8 Å². The Morgan fingerprint density at radius 2 is 1.59 bits per heavy atom. The number of amides is 1. The summed E-state index contributed by atoms with van der Waals surface area (Å²) >= 11 is 1.42. The molecule has 5 rings (SSSR count). The fourth-order valence-electron chi connectivity index (χ4n) is 4.02. The van der Waals surface area contributed by atoms with Gasteiger partial charge in [0.05, 0.1) is 18.5 Å². The lowest BCUT2D eigenvalue weighted by atomic mass is 10.1. The molecule has 0 radical (unpaired) electrons. The molecule has 3 aromatic carbocycles. The predicted molar refractivity (Wildman–Crippen MR) is 138 cm³/mol. The van der Waals surface area contributed by atoms with Crippen molar-refractivity contribution in [1.82, 2.24) is 10.2 Å². The van der Waals surface area contributed by atoms with E-state index in [1.54, 1.807) is 0 Å². The molecule has 1 amide bonds. The van der Waals surface area contributed by atoms with Crippen LogP contribution in [-0.4, -0.2) is 47.7 Å². The molecule has 1 saturated heterocycles. The second-order valence-electron chi connectivity index (χ2n) is 8.16. The van der Waals surface area contributed by atoms with E-state index in [2.05, 4.69) is 26.5 Å². The maximum absolute atomic E-state index is 12.9. The minimum absolute atomic E-state index is 0.0675. The van der Waals surface area contributed by atoms with Gasteiger partial charge >= 0.3 is 0 Å². The number of thioether (sulfide) groups is 1. The second kappa shape index (κ2) is 10.2. The summed E-state index contributed by atoms with van der Waals surface area (Å²) in [7, 11) is 0. The van der Waals surface area contributed by atoms with E-state index in [4.69, 9.17) is 4.74 Å². The number of benzene rings is 3. The Balaban J connectivity index is 1.30. The van der Waals surface area contributed by atoms with Crippen LogP contribution in [0.4, 0.5) is 11.4 Å². The Hall–Kier alpha value is -3.42. The quantitative estimate of drug-likeness (QED) is 0.388. The first-order chi connectivity index (χ1) is 16.7. The molecule has 34 heavy (non-hydrogen) atoms. The van der Waals surface area contributed by atoms with Crippen molar-refractivity contribution in [3.8, 4) is 11.3 Å². The highest BCUT2D eigenvalue weighted by molar-refractivity contribution is 8.00. The Kier molecular flexibility index (Phi) is 6.74. The van der Waals surface area contributed by atoms with E-state index in [0.29, 0.717) is 0 Å². The number of fused-ring (bicyclic) bond motifs is 1. The van der Waals surface area contributed by atoms with Crippen LogP contribution in [0.5, 0.6) is 0 Å². The minimum atomic E-state index is -0.334. The first-order valence-electron chi connectivity index (χ1n) is 11.4. The van der Waals surface area contributed by atoms with Crippen LogP contribution in [0.1, 0.15) is 6.92 Å². The Labute approximate surface area is 203 Å². The Bertz CT molecular complexity index is 1280. The molecular formula is C27H26N4O2S. The second-order valence-corrected chi connectivity index (χ2v) is 9.49. The van der Waals surface area contributed by atoms with E-state index >= 15 is 0 Å². The van der Waals surface area contributed by atoms with Crippen LogP contribution in [0.15, 0.2) is 83.9 Å². The highest BCUT2D eigenvalue weighted by Crippen LogP contribution is 2.33. The number of rotatable bonds is 6. The van der Waals surface area contributed by atoms with E-state index in [1.807, 2.05) is 79.7 Å². The number of hydrogen-bond donors (Lipinski definition) is 1. The van der Waals surface area contributed by atoms with Crippen LogP contribution in [-0.2, 0) is 9.53 Å². The summed E-state index contributed by atoms with van der Waals surface area (Å²) in [5.74, 6) is -0.0675. The molecule has 1 aromatic heterocycles. The summed E-state index contributed by atoms with van der Waals surface area (Å²) in [5, 5.41) is 14.5. The van der Waals surface area contributed by atoms with Crippen LogP contribution in [0, 0.1) is 0 Å². The molecule has 1 aliphatic rings. The Morgan fingerprint density at radius 3 is 2.32 bits per heavy atom. The fourth-order valence-corrected chi connectivity index (χ4v) is 4.91. The number of nitrogens with one attached hydrogen (secondary N) is 1. The normalized spacial score (nSPS) is 14.7. The average Bonchev–Trinajstić information content (AvgIpc) is 2.90. The van der Waals surface area contributed by atoms with E-state index in [9.17, 15) is 4.79 Å². The third-order valence-electron chi connectivity index (χ3n) is 5.87. The van der Waals surface area contributed by atoms with Gasteiger partial charge in [-0.05, 0) is 31.2 Å². The highest BCUT2D eigenvalue weighted by atomic mass is 32.2. The van der Waals surface area contributed by atoms with Gasteiger partial charge in [0, 0.05) is 40.8 Å². The van der Waals surface area contributed by atoms with Crippen molar-refractivity contribution in [3.05, 3.63) is 78.9 Å². The number of ether oxygens (including phenoxy) is 1. The predicted octanol–water partition coefficient (Wildman–Crippen LogP) is 5.25. The van der Waals surface area contributed by atoms with Gasteiger partial charge in [0.1, 0.15) is 10.7 Å². The molecule has 1 fully saturated rings. The zero-order chi connectivity index (χ0) is 23.3. The first kappa shape index (κ1) is 22.4. The molecule has 0 bridgehead atoms. The van der Waals surface area contributed by atoms with E-state index in [0.717, 1.165) is 64.7 Å². The van der Waals surface area contributed by atoms with Crippen molar-refractivity contribution in [1.29, 1.82) is 0 Å². The molecule has 1 N–H and O–H groups in total. The maximum Gasteiger partial charge on any atom is 0.237 e. The largest absolute Gasteiger partial charge is 0.378 e. The molecule has 0 aliphatic carbocycles. The zero-order valence-corrected chi connectivity index (χ0v) is 19.8. The van der Waals surface area contributed by atoms with Crippen molar-refractivity contribution >= 4 is 39.8 Å². The van der Waals surface area contributed by atoms with E-state index in [-0.39, 0.29) is 11.2 Å². The number of hydrogen-bond acceptors (Lipinski definition) is 6. The van der Waals surface area contributed by atoms with E-state index in [1.165, 1.54) is 11.8 Å². The van der Waals surface area contributed by atoms with Crippen LogP contribution in [0.2, 0.25) is 0 Å². The maximum atomic E-state index is 12.9. The first-order valence-corrected chi connectivity index (χ1v) is 12.3. The molecule has 1 aliphatic heterocycles. The van der Waals surface area contributed by atoms with Crippen molar-refractivity contribution in [2.75, 3.05) is 36.5 Å². The van der Waals surface area contributed by atoms with Gasteiger partial charge in [-0.15, -0.1) is 10.2 Å². The number of nitrogens with zero attached hydrogens (tertiary/aromatic N) is 3. The number of morpholine rings is 1. The van der Waals surface area contributed by atoms with Gasteiger partial charge in [-0.3, -0.25) is 4.79 Å². The molecule has 2 heterocycles.